The molecule has 0 N–H and O–H groups in total. The number of rotatable bonds is 3. The number of hydrogen-bond acceptors (Lipinski definition) is 3. The van der Waals surface area contributed by atoms with Crippen LogP contribution in [-0.2, 0) is 21.0 Å². The van der Waals surface area contributed by atoms with Gasteiger partial charge < -0.3 is 0 Å². The maximum atomic E-state index is 11.4. The second kappa shape index (κ2) is 5.34. The summed E-state index contributed by atoms with van der Waals surface area (Å²) in [6, 6.07) is 12.1. The summed E-state index contributed by atoms with van der Waals surface area (Å²) in [5.74, 6) is 0.0956. The van der Waals surface area contributed by atoms with Crippen LogP contribution >= 0.6 is 11.3 Å². The summed E-state index contributed by atoms with van der Waals surface area (Å²) in [5, 5.41) is 0. The summed E-state index contributed by atoms with van der Waals surface area (Å²) in [6.07, 6.45) is 1.27. The van der Waals surface area contributed by atoms with Crippen LogP contribution in [0.2, 0.25) is 0 Å². The molecule has 2 aromatic rings. The molecule has 0 atom stereocenters. The number of sulfone groups is 1. The molecule has 0 unspecified atom stereocenters. The summed E-state index contributed by atoms with van der Waals surface area (Å²) in [7, 11) is -2.99. The van der Waals surface area contributed by atoms with Crippen molar-refractivity contribution in [3.8, 4) is 10.4 Å². The smallest absolute Gasteiger partial charge is 0.151 e. The zero-order valence-corrected chi connectivity index (χ0v) is 13.9. The van der Waals surface area contributed by atoms with Crippen molar-refractivity contribution in [1.82, 2.24) is 0 Å². The van der Waals surface area contributed by atoms with Crippen LogP contribution in [0.15, 0.2) is 36.4 Å². The van der Waals surface area contributed by atoms with Gasteiger partial charge in [0.15, 0.2) is 9.84 Å². The number of hydrogen-bond donors (Lipinski definition) is 0. The van der Waals surface area contributed by atoms with E-state index < -0.39 is 9.84 Å². The average Bonchev–Trinajstić information content (AvgIpc) is 2.75. The number of thiophene rings is 1. The van der Waals surface area contributed by atoms with Crippen molar-refractivity contribution in [3.63, 3.8) is 0 Å². The Balaban J connectivity index is 2.34. The van der Waals surface area contributed by atoms with Crippen LogP contribution in [0.1, 0.15) is 31.2 Å². The molecule has 4 heteroatoms. The van der Waals surface area contributed by atoms with Crippen molar-refractivity contribution < 1.29 is 8.42 Å². The van der Waals surface area contributed by atoms with Gasteiger partial charge >= 0.3 is 0 Å². The maximum Gasteiger partial charge on any atom is 0.151 e. The van der Waals surface area contributed by atoms with E-state index in [-0.39, 0.29) is 11.2 Å². The molecule has 1 heterocycles. The second-order valence-corrected chi connectivity index (χ2v) is 9.41. The lowest BCUT2D eigenvalue weighted by Gasteiger charge is -2.15. The van der Waals surface area contributed by atoms with Gasteiger partial charge in [0.1, 0.15) is 0 Å². The van der Waals surface area contributed by atoms with E-state index in [9.17, 15) is 8.42 Å². The third kappa shape index (κ3) is 3.93. The van der Waals surface area contributed by atoms with Gasteiger partial charge in [0, 0.05) is 16.0 Å². The van der Waals surface area contributed by atoms with E-state index in [1.165, 1.54) is 16.0 Å². The first-order chi connectivity index (χ1) is 9.15. The Bertz CT molecular complexity index is 704. The molecule has 2 nitrogen and oxygen atoms in total. The highest BCUT2D eigenvalue weighted by molar-refractivity contribution is 7.89. The van der Waals surface area contributed by atoms with Gasteiger partial charge in [-0.3, -0.25) is 0 Å². The second-order valence-electron chi connectivity index (χ2n) is 6.18. The van der Waals surface area contributed by atoms with Crippen molar-refractivity contribution >= 4 is 21.2 Å². The van der Waals surface area contributed by atoms with Gasteiger partial charge in [-0.25, -0.2) is 8.42 Å². The Morgan fingerprint density at radius 3 is 2.35 bits per heavy atom. The van der Waals surface area contributed by atoms with E-state index in [0.29, 0.717) is 0 Å². The fourth-order valence-electron chi connectivity index (χ4n) is 2.01. The van der Waals surface area contributed by atoms with Crippen LogP contribution < -0.4 is 0 Å². The Kier molecular flexibility index (Phi) is 4.07. The molecule has 0 spiro atoms. The van der Waals surface area contributed by atoms with Crippen molar-refractivity contribution in [2.45, 2.75) is 31.9 Å². The Labute approximate surface area is 125 Å². The van der Waals surface area contributed by atoms with Crippen LogP contribution in [0.5, 0.6) is 0 Å². The minimum atomic E-state index is -2.99. The van der Waals surface area contributed by atoms with Crippen LogP contribution in [-0.4, -0.2) is 14.7 Å². The molecule has 0 saturated heterocycles. The quantitative estimate of drug-likeness (QED) is 0.849. The molecule has 1 aromatic heterocycles. The molecule has 108 valence electrons. The van der Waals surface area contributed by atoms with Crippen LogP contribution in [0.3, 0.4) is 0 Å². The molecule has 0 bridgehead atoms. The highest BCUT2D eigenvalue weighted by Gasteiger charge is 2.16. The number of benzene rings is 1. The van der Waals surface area contributed by atoms with E-state index in [1.807, 2.05) is 24.3 Å². The van der Waals surface area contributed by atoms with E-state index >= 15 is 0 Å². The van der Waals surface area contributed by atoms with Gasteiger partial charge in [-0.2, -0.15) is 0 Å². The van der Waals surface area contributed by atoms with E-state index in [0.717, 1.165) is 11.1 Å². The van der Waals surface area contributed by atoms with Crippen LogP contribution in [0.4, 0.5) is 0 Å². The highest BCUT2D eigenvalue weighted by Crippen LogP contribution is 2.35. The minimum absolute atomic E-state index is 0.0956. The normalized spacial score (nSPS) is 12.6. The molecule has 0 aliphatic heterocycles. The molecule has 0 aliphatic carbocycles. The predicted molar refractivity (Wildman–Crippen MR) is 87.0 cm³/mol. The lowest BCUT2D eigenvalue weighted by molar-refractivity contribution is 0.601. The largest absolute Gasteiger partial charge is 0.229 e. The fourth-order valence-corrected chi connectivity index (χ4v) is 3.86. The molecule has 2 rings (SSSR count). The van der Waals surface area contributed by atoms with Gasteiger partial charge in [0.05, 0.1) is 5.75 Å². The van der Waals surface area contributed by atoms with Crippen LogP contribution in [0, 0.1) is 0 Å². The highest BCUT2D eigenvalue weighted by atomic mass is 32.2. The first-order valence-electron chi connectivity index (χ1n) is 6.52. The minimum Gasteiger partial charge on any atom is -0.229 e. The monoisotopic (exact) mass is 308 g/mol. The molecule has 0 saturated carbocycles. The van der Waals surface area contributed by atoms with Gasteiger partial charge in [-0.05, 0) is 34.7 Å². The zero-order valence-electron chi connectivity index (χ0n) is 12.3. The lowest BCUT2D eigenvalue weighted by atomic mass is 9.95. The summed E-state index contributed by atoms with van der Waals surface area (Å²) in [6.45, 7) is 6.59. The third-order valence-electron chi connectivity index (χ3n) is 2.99. The Hall–Kier alpha value is -1.13. The molecule has 0 aliphatic rings. The maximum absolute atomic E-state index is 11.4. The zero-order chi connectivity index (χ0) is 15.0. The van der Waals surface area contributed by atoms with Gasteiger partial charge in [0.25, 0.3) is 0 Å². The Morgan fingerprint density at radius 1 is 1.10 bits per heavy atom. The van der Waals surface area contributed by atoms with Crippen LogP contribution in [0.25, 0.3) is 10.4 Å². The molecule has 1 aromatic carbocycles. The van der Waals surface area contributed by atoms with E-state index in [1.54, 1.807) is 11.3 Å². The molecular weight excluding hydrogens is 288 g/mol. The standard InChI is InChI=1S/C16H20O2S2/c1-16(2,3)15-9-8-14(19-15)13-7-5-6-12(10-13)11-20(4,17)18/h5-10H,11H2,1-4H3. The summed E-state index contributed by atoms with van der Waals surface area (Å²) in [4.78, 5) is 2.52. The van der Waals surface area contributed by atoms with Crippen molar-refractivity contribution in [2.75, 3.05) is 6.26 Å². The molecule has 0 radical (unpaired) electrons. The topological polar surface area (TPSA) is 34.1 Å². The summed E-state index contributed by atoms with van der Waals surface area (Å²) in [5.41, 5.74) is 2.08. The summed E-state index contributed by atoms with van der Waals surface area (Å²) >= 11 is 1.77. The fraction of sp³-hybridized carbons (Fsp3) is 0.375. The molecule has 20 heavy (non-hydrogen) atoms. The van der Waals surface area contributed by atoms with Gasteiger partial charge in [0.2, 0.25) is 0 Å². The van der Waals surface area contributed by atoms with E-state index in [4.69, 9.17) is 0 Å². The average molecular weight is 308 g/mol. The first kappa shape index (κ1) is 15.3. The lowest BCUT2D eigenvalue weighted by Crippen LogP contribution is -2.07. The first-order valence-corrected chi connectivity index (χ1v) is 9.40. The van der Waals surface area contributed by atoms with Gasteiger partial charge in [-0.15, -0.1) is 11.3 Å². The third-order valence-corrected chi connectivity index (χ3v) is 5.40. The molecule has 0 amide bonds. The summed E-state index contributed by atoms with van der Waals surface area (Å²) < 4.78 is 22.8. The van der Waals surface area contributed by atoms with Crippen molar-refractivity contribution in [1.29, 1.82) is 0 Å². The molecule has 0 fully saturated rings. The van der Waals surface area contributed by atoms with E-state index in [2.05, 4.69) is 32.9 Å². The SMILES string of the molecule is CC(C)(C)c1ccc(-c2cccc(CS(C)(=O)=O)c2)s1. The van der Waals surface area contributed by atoms with Crippen molar-refractivity contribution in [3.05, 3.63) is 46.8 Å². The van der Waals surface area contributed by atoms with Crippen molar-refractivity contribution in [2.24, 2.45) is 0 Å². The Morgan fingerprint density at radius 2 is 1.80 bits per heavy atom. The predicted octanol–water partition coefficient (Wildman–Crippen LogP) is 4.26. The molecular formula is C16H20O2S2. The van der Waals surface area contributed by atoms with Gasteiger partial charge in [-0.1, -0.05) is 39.0 Å².